The number of aromatic nitrogens is 3. The fourth-order valence-corrected chi connectivity index (χ4v) is 3.03. The Morgan fingerprint density at radius 2 is 1.90 bits per heavy atom. The third-order valence-electron chi connectivity index (χ3n) is 2.90. The van der Waals surface area contributed by atoms with Gasteiger partial charge in [0.1, 0.15) is 11.5 Å². The van der Waals surface area contributed by atoms with Crippen LogP contribution in [0.5, 0.6) is 0 Å². The Hall–Kier alpha value is -1.82. The first-order valence-electron chi connectivity index (χ1n) is 6.44. The zero-order valence-corrected chi connectivity index (χ0v) is 13.1. The quantitative estimate of drug-likeness (QED) is 0.943. The summed E-state index contributed by atoms with van der Waals surface area (Å²) in [5, 5.41) is 3.94. The first-order valence-corrected chi connectivity index (χ1v) is 7.25. The Kier molecular flexibility index (Phi) is 4.13. The highest BCUT2D eigenvalue weighted by molar-refractivity contribution is 7.11. The van der Waals surface area contributed by atoms with E-state index in [1.807, 2.05) is 27.7 Å². The summed E-state index contributed by atoms with van der Waals surface area (Å²) in [6.45, 7) is 9.54. The lowest BCUT2D eigenvalue weighted by atomic mass is 10.2. The number of hydrogen-bond acceptors (Lipinski definition) is 5. The second-order valence-corrected chi connectivity index (χ2v) is 6.22. The summed E-state index contributed by atoms with van der Waals surface area (Å²) in [6, 6.07) is 1.55. The van der Waals surface area contributed by atoms with Crippen LogP contribution in [0.15, 0.2) is 6.07 Å². The maximum Gasteiger partial charge on any atom is 0.270 e. The first kappa shape index (κ1) is 14.6. The van der Waals surface area contributed by atoms with Crippen molar-refractivity contribution in [3.8, 4) is 0 Å². The van der Waals surface area contributed by atoms with Gasteiger partial charge in [0.2, 0.25) is 0 Å². The Bertz CT molecular complexity index is 630. The molecule has 2 aromatic rings. The topological polar surface area (TPSA) is 67.8 Å². The second-order valence-electron chi connectivity index (χ2n) is 4.81. The molecule has 0 bridgehead atoms. The predicted molar refractivity (Wildman–Crippen MR) is 79.0 cm³/mol. The van der Waals surface area contributed by atoms with E-state index in [0.29, 0.717) is 11.5 Å². The van der Waals surface area contributed by atoms with E-state index in [4.69, 9.17) is 0 Å². The summed E-state index contributed by atoms with van der Waals surface area (Å²) in [6.07, 6.45) is 0. The van der Waals surface area contributed by atoms with E-state index < -0.39 is 0 Å². The number of thiazole rings is 1. The molecule has 1 N–H and O–H groups in total. The van der Waals surface area contributed by atoms with Gasteiger partial charge in [-0.3, -0.25) is 4.79 Å². The maximum atomic E-state index is 12.2. The van der Waals surface area contributed by atoms with Gasteiger partial charge in [0.05, 0.1) is 16.7 Å². The summed E-state index contributed by atoms with van der Waals surface area (Å²) in [5.74, 6) is 0.402. The fraction of sp³-hybridized carbons (Fsp3) is 0.429. The van der Waals surface area contributed by atoms with Gasteiger partial charge in [-0.15, -0.1) is 11.3 Å². The molecule has 0 saturated carbocycles. The number of amides is 1. The Labute approximate surface area is 122 Å². The number of carbonyl (C=O) groups excluding carboxylic acids is 1. The van der Waals surface area contributed by atoms with E-state index in [0.717, 1.165) is 21.3 Å². The summed E-state index contributed by atoms with van der Waals surface area (Å²) in [5.41, 5.74) is 2.10. The SMILES string of the molecule is Cc1cc(C(=O)N[C@@H](C)c2nc(C)sc2C)nc(C)n1. The van der Waals surface area contributed by atoms with Gasteiger partial charge in [-0.2, -0.15) is 0 Å². The number of rotatable bonds is 3. The fourth-order valence-electron chi connectivity index (χ4n) is 2.12. The molecule has 6 heteroatoms. The molecule has 0 fully saturated rings. The minimum Gasteiger partial charge on any atom is -0.343 e. The molecule has 20 heavy (non-hydrogen) atoms. The number of nitrogens with zero attached hydrogens (tertiary/aromatic N) is 3. The second kappa shape index (κ2) is 5.66. The molecular weight excluding hydrogens is 272 g/mol. The molecule has 0 unspecified atom stereocenters. The molecule has 0 saturated heterocycles. The molecule has 1 amide bonds. The van der Waals surface area contributed by atoms with Gasteiger partial charge in [0, 0.05) is 10.6 Å². The molecule has 1 atom stereocenters. The maximum absolute atomic E-state index is 12.2. The molecular formula is C14H18N4OS. The van der Waals surface area contributed by atoms with Crippen LogP contribution in [0.25, 0.3) is 0 Å². The standard InChI is InChI=1S/C14H18N4OS/c1-7-6-12(17-10(4)15-7)14(19)16-8(2)13-9(3)20-11(5)18-13/h6,8H,1-5H3,(H,16,19)/t8-/m0/s1. The van der Waals surface area contributed by atoms with Crippen molar-refractivity contribution in [1.82, 2.24) is 20.3 Å². The molecule has 2 aromatic heterocycles. The molecule has 2 rings (SSSR count). The van der Waals surface area contributed by atoms with Crippen LogP contribution in [0, 0.1) is 27.7 Å². The smallest absolute Gasteiger partial charge is 0.270 e. The van der Waals surface area contributed by atoms with Crippen molar-refractivity contribution < 1.29 is 4.79 Å². The summed E-state index contributed by atoms with van der Waals surface area (Å²) < 4.78 is 0. The van der Waals surface area contributed by atoms with E-state index in [-0.39, 0.29) is 11.9 Å². The summed E-state index contributed by atoms with van der Waals surface area (Å²) in [7, 11) is 0. The number of nitrogens with one attached hydrogen (secondary N) is 1. The summed E-state index contributed by atoms with van der Waals surface area (Å²) in [4.78, 5) is 26.2. The van der Waals surface area contributed by atoms with Crippen molar-refractivity contribution in [2.24, 2.45) is 0 Å². The van der Waals surface area contributed by atoms with Gasteiger partial charge in [0.15, 0.2) is 0 Å². The minimum atomic E-state index is -0.198. The van der Waals surface area contributed by atoms with Gasteiger partial charge in [-0.25, -0.2) is 15.0 Å². The number of aryl methyl sites for hydroxylation is 4. The minimum absolute atomic E-state index is 0.136. The van der Waals surface area contributed by atoms with E-state index in [2.05, 4.69) is 20.3 Å². The molecule has 0 spiro atoms. The molecule has 5 nitrogen and oxygen atoms in total. The van der Waals surface area contributed by atoms with Crippen LogP contribution < -0.4 is 5.32 Å². The monoisotopic (exact) mass is 290 g/mol. The van der Waals surface area contributed by atoms with Crippen LogP contribution in [0.1, 0.15) is 50.6 Å². The lowest BCUT2D eigenvalue weighted by Gasteiger charge is -2.12. The molecule has 2 heterocycles. The van der Waals surface area contributed by atoms with Gasteiger partial charge in [0.25, 0.3) is 5.91 Å². The van der Waals surface area contributed by atoms with E-state index in [1.165, 1.54) is 0 Å². The highest BCUT2D eigenvalue weighted by Gasteiger charge is 2.17. The lowest BCUT2D eigenvalue weighted by molar-refractivity contribution is 0.0933. The van der Waals surface area contributed by atoms with Crippen molar-refractivity contribution in [3.63, 3.8) is 0 Å². The first-order chi connectivity index (χ1) is 9.36. The molecule has 0 aliphatic heterocycles. The normalized spacial score (nSPS) is 12.2. The zero-order chi connectivity index (χ0) is 14.9. The van der Waals surface area contributed by atoms with Gasteiger partial charge in [-0.1, -0.05) is 0 Å². The Morgan fingerprint density at radius 3 is 2.45 bits per heavy atom. The molecule has 0 aliphatic rings. The van der Waals surface area contributed by atoms with Gasteiger partial charge in [-0.05, 0) is 40.7 Å². The summed E-state index contributed by atoms with van der Waals surface area (Å²) >= 11 is 1.64. The highest BCUT2D eigenvalue weighted by Crippen LogP contribution is 2.22. The third-order valence-corrected chi connectivity index (χ3v) is 3.80. The van der Waals surface area contributed by atoms with Crippen LogP contribution in [0.3, 0.4) is 0 Å². The predicted octanol–water partition coefficient (Wildman–Crippen LogP) is 2.66. The van der Waals surface area contributed by atoms with Crippen LogP contribution in [0.2, 0.25) is 0 Å². The van der Waals surface area contributed by atoms with E-state index >= 15 is 0 Å². The molecule has 106 valence electrons. The average Bonchev–Trinajstić information content (AvgIpc) is 2.67. The van der Waals surface area contributed by atoms with Gasteiger partial charge >= 0.3 is 0 Å². The van der Waals surface area contributed by atoms with Crippen molar-refractivity contribution in [1.29, 1.82) is 0 Å². The Morgan fingerprint density at radius 1 is 1.20 bits per heavy atom. The van der Waals surface area contributed by atoms with Crippen molar-refractivity contribution in [2.75, 3.05) is 0 Å². The van der Waals surface area contributed by atoms with E-state index in [9.17, 15) is 4.79 Å². The molecule has 0 radical (unpaired) electrons. The van der Waals surface area contributed by atoms with Crippen molar-refractivity contribution >= 4 is 17.2 Å². The number of carbonyl (C=O) groups is 1. The van der Waals surface area contributed by atoms with Crippen LogP contribution in [0.4, 0.5) is 0 Å². The number of hydrogen-bond donors (Lipinski definition) is 1. The van der Waals surface area contributed by atoms with Crippen LogP contribution >= 0.6 is 11.3 Å². The van der Waals surface area contributed by atoms with Crippen molar-refractivity contribution in [3.05, 3.63) is 38.9 Å². The average molecular weight is 290 g/mol. The van der Waals surface area contributed by atoms with Crippen LogP contribution in [-0.2, 0) is 0 Å². The molecule has 0 aromatic carbocycles. The highest BCUT2D eigenvalue weighted by atomic mass is 32.1. The van der Waals surface area contributed by atoms with Crippen molar-refractivity contribution in [2.45, 2.75) is 40.7 Å². The largest absolute Gasteiger partial charge is 0.343 e. The lowest BCUT2D eigenvalue weighted by Crippen LogP contribution is -2.28. The van der Waals surface area contributed by atoms with E-state index in [1.54, 1.807) is 24.3 Å². The van der Waals surface area contributed by atoms with Gasteiger partial charge < -0.3 is 5.32 Å². The zero-order valence-electron chi connectivity index (χ0n) is 12.3. The van der Waals surface area contributed by atoms with Crippen LogP contribution in [-0.4, -0.2) is 20.9 Å². The third kappa shape index (κ3) is 3.19. The Balaban J connectivity index is 2.17. The molecule has 0 aliphatic carbocycles.